The van der Waals surface area contributed by atoms with Gasteiger partial charge in [0, 0.05) is 17.4 Å². The number of ether oxygens (including phenoxy) is 1. The number of halogens is 1. The molecule has 2 rings (SSSR count). The van der Waals surface area contributed by atoms with Crippen LogP contribution in [-0.2, 0) is 11.4 Å². The first-order valence-electron chi connectivity index (χ1n) is 8.41. The molecule has 0 atom stereocenters. The van der Waals surface area contributed by atoms with E-state index >= 15 is 0 Å². The highest BCUT2D eigenvalue weighted by Gasteiger charge is 2.14. The van der Waals surface area contributed by atoms with E-state index in [1.165, 1.54) is 0 Å². The van der Waals surface area contributed by atoms with Gasteiger partial charge in [0.1, 0.15) is 12.4 Å². The fourth-order valence-electron chi connectivity index (χ4n) is 2.13. The molecule has 8 heteroatoms. The Balaban J connectivity index is 1.84. The zero-order chi connectivity index (χ0) is 19.9. The van der Waals surface area contributed by atoms with E-state index in [9.17, 15) is 9.59 Å². The lowest BCUT2D eigenvalue weighted by molar-refractivity contribution is -0.121. The SMILES string of the molecule is CC(C)(C)NC(=O)CNC(=O)Nc1ccc(OCc2ccccn2)c(Cl)c1. The lowest BCUT2D eigenvalue weighted by Crippen LogP contribution is -2.46. The van der Waals surface area contributed by atoms with Crippen molar-refractivity contribution in [3.05, 3.63) is 53.3 Å². The summed E-state index contributed by atoms with van der Waals surface area (Å²) in [5, 5.41) is 8.22. The summed E-state index contributed by atoms with van der Waals surface area (Å²) in [6.07, 6.45) is 1.69. The van der Waals surface area contributed by atoms with Crippen LogP contribution in [0.4, 0.5) is 10.5 Å². The Bertz CT molecular complexity index is 791. The number of carbonyl (C=O) groups excluding carboxylic acids is 2. The molecule has 0 saturated heterocycles. The largest absolute Gasteiger partial charge is 0.486 e. The minimum absolute atomic E-state index is 0.123. The first-order chi connectivity index (χ1) is 12.7. The van der Waals surface area contributed by atoms with E-state index in [0.717, 1.165) is 5.69 Å². The summed E-state index contributed by atoms with van der Waals surface area (Å²) in [5.74, 6) is 0.215. The van der Waals surface area contributed by atoms with Gasteiger partial charge in [-0.25, -0.2) is 4.79 Å². The van der Waals surface area contributed by atoms with Crippen LogP contribution in [0, 0.1) is 0 Å². The minimum atomic E-state index is -0.503. The maximum atomic E-state index is 11.9. The lowest BCUT2D eigenvalue weighted by atomic mass is 10.1. The molecule has 0 fully saturated rings. The second-order valence-electron chi connectivity index (χ2n) is 6.86. The van der Waals surface area contributed by atoms with Crippen LogP contribution in [-0.4, -0.2) is 29.0 Å². The fraction of sp³-hybridized carbons (Fsp3) is 0.316. The maximum absolute atomic E-state index is 11.9. The van der Waals surface area contributed by atoms with Crippen molar-refractivity contribution in [1.82, 2.24) is 15.6 Å². The van der Waals surface area contributed by atoms with Crippen molar-refractivity contribution in [2.45, 2.75) is 32.9 Å². The average Bonchev–Trinajstić information content (AvgIpc) is 2.59. The first kappa shape index (κ1) is 20.5. The number of pyridine rings is 1. The summed E-state index contributed by atoms with van der Waals surface area (Å²) in [6, 6.07) is 9.95. The van der Waals surface area contributed by atoms with Crippen LogP contribution in [0.25, 0.3) is 0 Å². The van der Waals surface area contributed by atoms with Gasteiger partial charge in [-0.1, -0.05) is 17.7 Å². The van der Waals surface area contributed by atoms with Gasteiger partial charge in [-0.15, -0.1) is 0 Å². The molecule has 27 heavy (non-hydrogen) atoms. The predicted molar refractivity (Wildman–Crippen MR) is 105 cm³/mol. The molecule has 7 nitrogen and oxygen atoms in total. The molecule has 1 aromatic heterocycles. The summed E-state index contributed by atoms with van der Waals surface area (Å²) in [4.78, 5) is 27.8. The summed E-state index contributed by atoms with van der Waals surface area (Å²) < 4.78 is 5.63. The number of rotatable bonds is 6. The van der Waals surface area contributed by atoms with E-state index in [1.807, 2.05) is 39.0 Å². The zero-order valence-corrected chi connectivity index (χ0v) is 16.3. The molecule has 3 amide bonds. The zero-order valence-electron chi connectivity index (χ0n) is 15.5. The summed E-state index contributed by atoms with van der Waals surface area (Å²) in [6.45, 7) is 5.76. The van der Waals surface area contributed by atoms with Crippen molar-refractivity contribution in [3.8, 4) is 5.75 Å². The van der Waals surface area contributed by atoms with E-state index in [1.54, 1.807) is 24.4 Å². The number of hydrogen-bond acceptors (Lipinski definition) is 4. The molecule has 1 aromatic carbocycles. The first-order valence-corrected chi connectivity index (χ1v) is 8.79. The highest BCUT2D eigenvalue weighted by Crippen LogP contribution is 2.28. The molecule has 1 heterocycles. The normalized spacial score (nSPS) is 10.8. The monoisotopic (exact) mass is 390 g/mol. The van der Waals surface area contributed by atoms with Crippen LogP contribution in [0.3, 0.4) is 0 Å². The number of urea groups is 1. The standard InChI is InChI=1S/C19H23ClN4O3/c1-19(2,3)24-17(25)11-22-18(26)23-13-7-8-16(15(20)10-13)27-12-14-6-4-5-9-21-14/h4-10H,11-12H2,1-3H3,(H,24,25)(H2,22,23,26). The second kappa shape index (κ2) is 9.23. The minimum Gasteiger partial charge on any atom is -0.486 e. The maximum Gasteiger partial charge on any atom is 0.319 e. The number of hydrogen-bond donors (Lipinski definition) is 3. The third-order valence-corrected chi connectivity index (χ3v) is 3.51. The Morgan fingerprint density at radius 1 is 1.19 bits per heavy atom. The van der Waals surface area contributed by atoms with Gasteiger partial charge in [0.15, 0.2) is 0 Å². The van der Waals surface area contributed by atoms with Gasteiger partial charge in [-0.05, 0) is 51.1 Å². The van der Waals surface area contributed by atoms with Crippen molar-refractivity contribution in [2.24, 2.45) is 0 Å². The lowest BCUT2D eigenvalue weighted by Gasteiger charge is -2.20. The second-order valence-corrected chi connectivity index (χ2v) is 7.27. The van der Waals surface area contributed by atoms with Crippen molar-refractivity contribution < 1.29 is 14.3 Å². The number of anilines is 1. The number of amides is 3. The highest BCUT2D eigenvalue weighted by atomic mass is 35.5. The van der Waals surface area contributed by atoms with Gasteiger partial charge in [0.25, 0.3) is 0 Å². The molecule has 144 valence electrons. The third-order valence-electron chi connectivity index (χ3n) is 3.22. The molecule has 0 aliphatic heterocycles. The van der Waals surface area contributed by atoms with Gasteiger partial charge >= 0.3 is 6.03 Å². The molecular weight excluding hydrogens is 368 g/mol. The van der Waals surface area contributed by atoms with Crippen LogP contribution < -0.4 is 20.7 Å². The van der Waals surface area contributed by atoms with Gasteiger partial charge < -0.3 is 20.7 Å². The highest BCUT2D eigenvalue weighted by molar-refractivity contribution is 6.32. The van der Waals surface area contributed by atoms with Crippen LogP contribution in [0.5, 0.6) is 5.75 Å². The Morgan fingerprint density at radius 3 is 2.59 bits per heavy atom. The summed E-state index contributed by atoms with van der Waals surface area (Å²) in [7, 11) is 0. The molecule has 0 radical (unpaired) electrons. The predicted octanol–water partition coefficient (Wildman–Crippen LogP) is 3.35. The van der Waals surface area contributed by atoms with Crippen molar-refractivity contribution in [1.29, 1.82) is 0 Å². The van der Waals surface area contributed by atoms with Gasteiger partial charge in [-0.2, -0.15) is 0 Å². The molecule has 2 aromatic rings. The van der Waals surface area contributed by atoms with Crippen molar-refractivity contribution in [2.75, 3.05) is 11.9 Å². The number of carbonyl (C=O) groups is 2. The number of benzene rings is 1. The quantitative estimate of drug-likeness (QED) is 0.705. The molecule has 0 bridgehead atoms. The van der Waals surface area contributed by atoms with Gasteiger partial charge in [0.2, 0.25) is 5.91 Å². The van der Waals surface area contributed by atoms with E-state index in [-0.39, 0.29) is 24.6 Å². The van der Waals surface area contributed by atoms with Crippen LogP contribution in [0.1, 0.15) is 26.5 Å². The Morgan fingerprint density at radius 2 is 1.96 bits per heavy atom. The average molecular weight is 391 g/mol. The topological polar surface area (TPSA) is 92.4 Å². The summed E-state index contributed by atoms with van der Waals surface area (Å²) >= 11 is 6.20. The molecule has 0 saturated carbocycles. The van der Waals surface area contributed by atoms with E-state index < -0.39 is 6.03 Å². The van der Waals surface area contributed by atoms with Crippen LogP contribution in [0.2, 0.25) is 5.02 Å². The Labute approximate surface area is 163 Å². The fourth-order valence-corrected chi connectivity index (χ4v) is 2.36. The Hall–Kier alpha value is -2.80. The van der Waals surface area contributed by atoms with E-state index in [2.05, 4.69) is 20.9 Å². The molecule has 0 aliphatic carbocycles. The van der Waals surface area contributed by atoms with E-state index in [4.69, 9.17) is 16.3 Å². The van der Waals surface area contributed by atoms with Crippen LogP contribution >= 0.6 is 11.6 Å². The Kier molecular flexibility index (Phi) is 7.01. The number of nitrogens with zero attached hydrogens (tertiary/aromatic N) is 1. The van der Waals surface area contributed by atoms with Crippen LogP contribution in [0.15, 0.2) is 42.6 Å². The molecule has 0 aliphatic rings. The third kappa shape index (κ3) is 7.53. The van der Waals surface area contributed by atoms with E-state index in [0.29, 0.717) is 16.5 Å². The molecule has 0 spiro atoms. The number of aromatic nitrogens is 1. The smallest absolute Gasteiger partial charge is 0.319 e. The molecule has 3 N–H and O–H groups in total. The number of nitrogens with one attached hydrogen (secondary N) is 3. The van der Waals surface area contributed by atoms with Gasteiger partial charge in [-0.3, -0.25) is 9.78 Å². The van der Waals surface area contributed by atoms with Crippen molar-refractivity contribution in [3.63, 3.8) is 0 Å². The van der Waals surface area contributed by atoms with Crippen molar-refractivity contribution >= 4 is 29.2 Å². The summed E-state index contributed by atoms with van der Waals surface area (Å²) in [5.41, 5.74) is 0.913. The molecular formula is C19H23ClN4O3. The molecule has 0 unspecified atom stereocenters. The van der Waals surface area contributed by atoms with Gasteiger partial charge in [0.05, 0.1) is 17.3 Å².